The lowest BCUT2D eigenvalue weighted by Gasteiger charge is -2.21. The number of aliphatic imine (C=N–C) groups is 1. The van der Waals surface area contributed by atoms with Crippen LogP contribution in [0, 0.1) is 0 Å². The molecular formula is C29H25F3N6O3S2. The lowest BCUT2D eigenvalue weighted by molar-refractivity contribution is -0.274. The topological polar surface area (TPSA) is 93.9 Å². The Labute approximate surface area is 254 Å². The molecule has 1 aromatic heterocycles. The fraction of sp³-hybridized carbons (Fsp3) is 0.207. The van der Waals surface area contributed by atoms with Crippen LogP contribution in [0.3, 0.4) is 0 Å². The number of carbonyl (C=O) groups excluding carboxylic acids is 1. The lowest BCUT2D eigenvalue weighted by atomic mass is 10.0. The number of anilines is 1. The van der Waals surface area contributed by atoms with Crippen LogP contribution in [-0.4, -0.2) is 43.1 Å². The maximum Gasteiger partial charge on any atom is 0.573 e. The van der Waals surface area contributed by atoms with E-state index in [-0.39, 0.29) is 35.0 Å². The van der Waals surface area contributed by atoms with Gasteiger partial charge in [-0.15, -0.1) is 18.3 Å². The van der Waals surface area contributed by atoms with E-state index in [1.165, 1.54) is 47.0 Å². The average molecular weight is 627 g/mol. The number of halogens is 3. The molecule has 0 aliphatic carbocycles. The molecule has 0 unspecified atom stereocenters. The van der Waals surface area contributed by atoms with E-state index in [1.807, 2.05) is 48.5 Å². The highest BCUT2D eigenvalue weighted by Crippen LogP contribution is 2.33. The third-order valence-corrected chi connectivity index (χ3v) is 7.30. The van der Waals surface area contributed by atoms with Crippen LogP contribution >= 0.6 is 24.0 Å². The molecule has 0 saturated carbocycles. The Kier molecular flexibility index (Phi) is 9.08. The van der Waals surface area contributed by atoms with Gasteiger partial charge in [0.25, 0.3) is 0 Å². The molecule has 1 amide bonds. The predicted octanol–water partition coefficient (Wildman–Crippen LogP) is 6.40. The molecule has 43 heavy (non-hydrogen) atoms. The van der Waals surface area contributed by atoms with Crippen molar-refractivity contribution in [2.45, 2.75) is 32.7 Å². The smallest absolute Gasteiger partial charge is 0.406 e. The van der Waals surface area contributed by atoms with E-state index in [9.17, 15) is 18.0 Å². The van der Waals surface area contributed by atoms with Crippen LogP contribution in [0.5, 0.6) is 5.75 Å². The van der Waals surface area contributed by atoms with Crippen molar-refractivity contribution >= 4 is 45.9 Å². The van der Waals surface area contributed by atoms with Gasteiger partial charge in [-0.05, 0) is 59.6 Å². The molecule has 4 aromatic rings. The molecule has 0 atom stereocenters. The first kappa shape index (κ1) is 30.2. The Balaban J connectivity index is 1.16. The number of nitrogens with one attached hydrogen (secondary N) is 1. The van der Waals surface area contributed by atoms with Crippen LogP contribution in [0.25, 0.3) is 17.1 Å². The molecule has 2 heterocycles. The number of carbonyl (C=O) groups is 1. The first-order valence-electron chi connectivity index (χ1n) is 13.0. The first-order valence-corrected chi connectivity index (χ1v) is 14.4. The van der Waals surface area contributed by atoms with Gasteiger partial charge in [0.05, 0.1) is 23.7 Å². The molecule has 1 N–H and O–H groups in total. The predicted molar refractivity (Wildman–Crippen MR) is 162 cm³/mol. The van der Waals surface area contributed by atoms with Crippen LogP contribution in [0.4, 0.5) is 18.9 Å². The number of thiocarbonyl (C=S) groups is 1. The number of alkyl halides is 3. The zero-order valence-corrected chi connectivity index (χ0v) is 24.5. The second-order valence-corrected chi connectivity index (χ2v) is 10.9. The molecule has 9 nitrogen and oxygen atoms in total. The summed E-state index contributed by atoms with van der Waals surface area (Å²) in [4.78, 5) is 28.5. The Morgan fingerprint density at radius 2 is 1.81 bits per heavy atom. The molecule has 1 saturated heterocycles. The molecule has 5 rings (SSSR count). The molecule has 1 aliphatic heterocycles. The van der Waals surface area contributed by atoms with E-state index >= 15 is 0 Å². The van der Waals surface area contributed by atoms with Crippen molar-refractivity contribution < 1.29 is 27.5 Å². The van der Waals surface area contributed by atoms with Crippen molar-refractivity contribution in [2.24, 2.45) is 4.99 Å². The van der Waals surface area contributed by atoms with Crippen LogP contribution < -0.4 is 15.1 Å². The molecule has 0 spiro atoms. The summed E-state index contributed by atoms with van der Waals surface area (Å²) < 4.78 is 42.5. The lowest BCUT2D eigenvalue weighted by Crippen LogP contribution is -2.32. The van der Waals surface area contributed by atoms with Gasteiger partial charge in [-0.1, -0.05) is 68.1 Å². The summed E-state index contributed by atoms with van der Waals surface area (Å²) in [6, 6.07) is 20.4. The summed E-state index contributed by atoms with van der Waals surface area (Å²) in [5.41, 5.74) is 6.59. The maximum absolute atomic E-state index is 12.7. The van der Waals surface area contributed by atoms with Crippen molar-refractivity contribution in [2.75, 3.05) is 10.7 Å². The Morgan fingerprint density at radius 3 is 2.51 bits per heavy atom. The fourth-order valence-corrected chi connectivity index (χ4v) is 5.29. The van der Waals surface area contributed by atoms with Gasteiger partial charge in [-0.3, -0.25) is 14.5 Å². The highest BCUT2D eigenvalue weighted by atomic mass is 32.2. The third kappa shape index (κ3) is 7.58. The number of amidine groups is 1. The van der Waals surface area contributed by atoms with Crippen LogP contribution in [0.15, 0.2) is 84.1 Å². The standard InChI is InChI=1S/C29H25F3N6O3S2/c1-18(2)23-5-3-4-6-24(23)38-25(39)16-43-28(38)34-27(42)36-40-15-19-7-9-20(10-8-19)26-33-17-37(35-26)21-11-13-22(14-12-21)41-29(30,31)32/h3-14,17-18H,15-16H2,1-2H3,(H,36,42)/b34-28-. The van der Waals surface area contributed by atoms with E-state index in [0.29, 0.717) is 16.7 Å². The van der Waals surface area contributed by atoms with Gasteiger partial charge in [0.2, 0.25) is 11.0 Å². The summed E-state index contributed by atoms with van der Waals surface area (Å²) in [5.74, 6) is 0.555. The number of rotatable bonds is 8. The minimum absolute atomic E-state index is 0.0616. The number of thioether (sulfide) groups is 1. The summed E-state index contributed by atoms with van der Waals surface area (Å²) in [6.45, 7) is 4.33. The van der Waals surface area contributed by atoms with Crippen molar-refractivity contribution in [1.82, 2.24) is 20.2 Å². The van der Waals surface area contributed by atoms with Crippen molar-refractivity contribution in [1.29, 1.82) is 0 Å². The third-order valence-electron chi connectivity index (χ3n) is 6.20. The van der Waals surface area contributed by atoms with Crippen LogP contribution in [0.1, 0.15) is 30.9 Å². The number of ether oxygens (including phenoxy) is 1. The van der Waals surface area contributed by atoms with E-state index in [4.69, 9.17) is 17.1 Å². The number of aromatic nitrogens is 3. The molecule has 0 radical (unpaired) electrons. The van der Waals surface area contributed by atoms with Gasteiger partial charge in [0.15, 0.2) is 11.0 Å². The van der Waals surface area contributed by atoms with E-state index in [2.05, 4.69) is 39.1 Å². The molecule has 1 fully saturated rings. The average Bonchev–Trinajstić information content (AvgIpc) is 3.60. The quantitative estimate of drug-likeness (QED) is 0.178. The summed E-state index contributed by atoms with van der Waals surface area (Å²) in [6.07, 6.45) is -3.29. The fourth-order valence-electron chi connectivity index (χ4n) is 4.22. The number of para-hydroxylation sites is 1. The van der Waals surface area contributed by atoms with Gasteiger partial charge in [0, 0.05) is 5.56 Å². The number of hydrogen-bond acceptors (Lipinski definition) is 7. The van der Waals surface area contributed by atoms with Gasteiger partial charge in [0.1, 0.15) is 12.1 Å². The van der Waals surface area contributed by atoms with Crippen LogP contribution in [0.2, 0.25) is 0 Å². The normalized spacial score (nSPS) is 14.5. The molecule has 222 valence electrons. The highest BCUT2D eigenvalue weighted by Gasteiger charge is 2.32. The maximum atomic E-state index is 12.7. The first-order chi connectivity index (χ1) is 20.6. The molecule has 0 bridgehead atoms. The Bertz CT molecular complexity index is 1640. The second kappa shape index (κ2) is 12.9. The molecular weight excluding hydrogens is 601 g/mol. The van der Waals surface area contributed by atoms with Gasteiger partial charge in [-0.2, -0.15) is 4.99 Å². The second-order valence-electron chi connectivity index (χ2n) is 9.57. The number of benzene rings is 3. The van der Waals surface area contributed by atoms with Crippen molar-refractivity contribution in [3.05, 3.63) is 90.3 Å². The van der Waals surface area contributed by atoms with Crippen molar-refractivity contribution in [3.63, 3.8) is 0 Å². The van der Waals surface area contributed by atoms with Crippen LogP contribution in [-0.2, 0) is 16.2 Å². The minimum atomic E-state index is -4.76. The molecule has 14 heteroatoms. The number of nitrogens with zero attached hydrogens (tertiary/aromatic N) is 5. The largest absolute Gasteiger partial charge is 0.573 e. The monoisotopic (exact) mass is 626 g/mol. The SMILES string of the molecule is CC(C)c1ccccc1N1C(=O)CS/C1=N\C(=S)NOCc1ccc(-c2ncn(-c3ccc(OC(F)(F)F)cc3)n2)cc1. The summed E-state index contributed by atoms with van der Waals surface area (Å²) in [7, 11) is 0. The van der Waals surface area contributed by atoms with Crippen molar-refractivity contribution in [3.8, 4) is 22.8 Å². The summed E-state index contributed by atoms with van der Waals surface area (Å²) >= 11 is 6.66. The van der Waals surface area contributed by atoms with Gasteiger partial charge >= 0.3 is 6.36 Å². The van der Waals surface area contributed by atoms with E-state index < -0.39 is 6.36 Å². The Morgan fingerprint density at radius 1 is 1.09 bits per heavy atom. The summed E-state index contributed by atoms with van der Waals surface area (Å²) in [5, 5.41) is 4.98. The molecule has 3 aromatic carbocycles. The highest BCUT2D eigenvalue weighted by molar-refractivity contribution is 8.15. The number of hydroxylamine groups is 1. The zero-order chi connectivity index (χ0) is 30.6. The van der Waals surface area contributed by atoms with E-state index in [0.717, 1.165) is 22.4 Å². The molecule has 1 aliphatic rings. The minimum Gasteiger partial charge on any atom is -0.406 e. The van der Waals surface area contributed by atoms with Gasteiger partial charge < -0.3 is 4.74 Å². The van der Waals surface area contributed by atoms with E-state index in [1.54, 1.807) is 4.90 Å². The Hall–Kier alpha value is -4.27. The number of amides is 1. The zero-order valence-electron chi connectivity index (χ0n) is 22.9. The number of hydrogen-bond donors (Lipinski definition) is 1. The van der Waals surface area contributed by atoms with Gasteiger partial charge in [-0.25, -0.2) is 15.1 Å².